The molecule has 0 aliphatic heterocycles. The Morgan fingerprint density at radius 2 is 2.05 bits per heavy atom. The molecule has 1 aromatic rings. The van der Waals surface area contributed by atoms with Gasteiger partial charge in [-0.05, 0) is 42.5 Å². The molecule has 0 aromatic heterocycles. The maximum Gasteiger partial charge on any atom is 0.328 e. The van der Waals surface area contributed by atoms with Crippen molar-refractivity contribution in [1.29, 1.82) is 0 Å². The molecule has 0 radical (unpaired) electrons. The van der Waals surface area contributed by atoms with Crippen LogP contribution in [0.5, 0.6) is 0 Å². The summed E-state index contributed by atoms with van der Waals surface area (Å²) >= 11 is 0. The standard InChI is InChI=1S/C16H18FNO3/c17-13-9-12(6-8-16(20)21)5-7-14(13)18-15(19)10-11-3-1-2-4-11/h5-9,11H,1-4,10H2,(H,18,19)(H,20,21). The number of aliphatic carboxylic acids is 1. The van der Waals surface area contributed by atoms with Crippen molar-refractivity contribution < 1.29 is 19.1 Å². The normalized spacial score (nSPS) is 15.5. The average molecular weight is 291 g/mol. The van der Waals surface area contributed by atoms with Crippen molar-refractivity contribution in [1.82, 2.24) is 0 Å². The lowest BCUT2D eigenvalue weighted by atomic mass is 10.0. The van der Waals surface area contributed by atoms with E-state index in [4.69, 9.17) is 5.11 Å². The monoisotopic (exact) mass is 291 g/mol. The molecule has 2 N–H and O–H groups in total. The second-order valence-corrected chi connectivity index (χ2v) is 5.31. The van der Waals surface area contributed by atoms with Gasteiger partial charge in [-0.1, -0.05) is 18.9 Å². The van der Waals surface area contributed by atoms with Gasteiger partial charge < -0.3 is 10.4 Å². The van der Waals surface area contributed by atoms with Crippen molar-refractivity contribution in [2.75, 3.05) is 5.32 Å². The summed E-state index contributed by atoms with van der Waals surface area (Å²) in [4.78, 5) is 22.2. The number of benzene rings is 1. The fraction of sp³-hybridized carbons (Fsp3) is 0.375. The van der Waals surface area contributed by atoms with Gasteiger partial charge in [0.2, 0.25) is 5.91 Å². The molecule has 1 aromatic carbocycles. The third kappa shape index (κ3) is 4.70. The highest BCUT2D eigenvalue weighted by atomic mass is 19.1. The fourth-order valence-electron chi connectivity index (χ4n) is 2.58. The van der Waals surface area contributed by atoms with Crippen LogP contribution in [0.15, 0.2) is 24.3 Å². The molecule has 5 heteroatoms. The number of hydrogen-bond acceptors (Lipinski definition) is 2. The number of carbonyl (C=O) groups excluding carboxylic acids is 1. The SMILES string of the molecule is O=C(O)C=Cc1ccc(NC(=O)CC2CCCC2)c(F)c1. The number of carboxylic acid groups (broad SMARTS) is 1. The van der Waals surface area contributed by atoms with Crippen LogP contribution in [-0.2, 0) is 9.59 Å². The van der Waals surface area contributed by atoms with E-state index < -0.39 is 11.8 Å². The summed E-state index contributed by atoms with van der Waals surface area (Å²) < 4.78 is 13.9. The second kappa shape index (κ2) is 7.02. The van der Waals surface area contributed by atoms with Gasteiger partial charge in [-0.2, -0.15) is 0 Å². The highest BCUT2D eigenvalue weighted by Gasteiger charge is 2.19. The van der Waals surface area contributed by atoms with Crippen molar-refractivity contribution >= 4 is 23.6 Å². The summed E-state index contributed by atoms with van der Waals surface area (Å²) in [5.41, 5.74) is 0.564. The first kappa shape index (κ1) is 15.2. The Morgan fingerprint density at radius 1 is 1.33 bits per heavy atom. The number of carbonyl (C=O) groups is 2. The van der Waals surface area contributed by atoms with Gasteiger partial charge in [0.15, 0.2) is 0 Å². The van der Waals surface area contributed by atoms with Crippen LogP contribution in [0.1, 0.15) is 37.7 Å². The van der Waals surface area contributed by atoms with E-state index in [1.807, 2.05) is 0 Å². The molecular weight excluding hydrogens is 273 g/mol. The summed E-state index contributed by atoms with van der Waals surface area (Å²) in [6, 6.07) is 4.21. The number of amides is 1. The number of rotatable bonds is 5. The van der Waals surface area contributed by atoms with Crippen molar-refractivity contribution in [3.05, 3.63) is 35.7 Å². The molecule has 0 heterocycles. The molecule has 0 atom stereocenters. The summed E-state index contributed by atoms with van der Waals surface area (Å²) in [6.07, 6.45) is 7.13. The molecule has 1 aliphatic rings. The quantitative estimate of drug-likeness (QED) is 0.817. The summed E-state index contributed by atoms with van der Waals surface area (Å²) in [6.45, 7) is 0. The van der Waals surface area contributed by atoms with Crippen LogP contribution < -0.4 is 5.32 Å². The minimum atomic E-state index is -1.09. The van der Waals surface area contributed by atoms with Gasteiger partial charge in [0, 0.05) is 12.5 Å². The maximum absolute atomic E-state index is 13.9. The number of carboxylic acids is 1. The molecule has 1 amide bonds. The van der Waals surface area contributed by atoms with Crippen LogP contribution in [0.4, 0.5) is 10.1 Å². The van der Waals surface area contributed by atoms with Gasteiger partial charge in [-0.25, -0.2) is 9.18 Å². The van der Waals surface area contributed by atoms with Crippen LogP contribution in [0, 0.1) is 11.7 Å². The molecule has 0 unspecified atom stereocenters. The summed E-state index contributed by atoms with van der Waals surface area (Å²) in [5, 5.41) is 11.1. The molecule has 112 valence electrons. The molecule has 21 heavy (non-hydrogen) atoms. The van der Waals surface area contributed by atoms with Crippen molar-refractivity contribution in [3.8, 4) is 0 Å². The zero-order chi connectivity index (χ0) is 15.2. The van der Waals surface area contributed by atoms with E-state index >= 15 is 0 Å². The Morgan fingerprint density at radius 3 is 2.67 bits per heavy atom. The highest BCUT2D eigenvalue weighted by molar-refractivity contribution is 5.91. The largest absolute Gasteiger partial charge is 0.478 e. The van der Waals surface area contributed by atoms with Gasteiger partial charge >= 0.3 is 5.97 Å². The molecule has 0 bridgehead atoms. The third-order valence-electron chi connectivity index (χ3n) is 3.63. The van der Waals surface area contributed by atoms with E-state index in [-0.39, 0.29) is 11.6 Å². The number of halogens is 1. The van der Waals surface area contributed by atoms with E-state index in [0.717, 1.165) is 31.8 Å². The molecule has 0 spiro atoms. The van der Waals surface area contributed by atoms with Gasteiger partial charge in [-0.15, -0.1) is 0 Å². The fourth-order valence-corrected chi connectivity index (χ4v) is 2.58. The first-order valence-corrected chi connectivity index (χ1v) is 7.05. The predicted molar refractivity (Wildman–Crippen MR) is 78.3 cm³/mol. The van der Waals surface area contributed by atoms with E-state index in [2.05, 4.69) is 5.32 Å². The minimum absolute atomic E-state index is 0.130. The summed E-state index contributed by atoms with van der Waals surface area (Å²) in [7, 11) is 0. The molecule has 1 aliphatic carbocycles. The van der Waals surface area contributed by atoms with Crippen molar-refractivity contribution in [2.45, 2.75) is 32.1 Å². The van der Waals surface area contributed by atoms with Crippen molar-refractivity contribution in [3.63, 3.8) is 0 Å². The van der Waals surface area contributed by atoms with Crippen molar-refractivity contribution in [2.24, 2.45) is 5.92 Å². The lowest BCUT2D eigenvalue weighted by molar-refractivity contribution is -0.131. The van der Waals surface area contributed by atoms with Gasteiger partial charge in [0.1, 0.15) is 5.82 Å². The molecule has 0 saturated heterocycles. The van der Waals surface area contributed by atoms with Gasteiger partial charge in [0.05, 0.1) is 5.69 Å². The van der Waals surface area contributed by atoms with Crippen LogP contribution >= 0.6 is 0 Å². The predicted octanol–water partition coefficient (Wildman–Crippen LogP) is 3.44. The first-order chi connectivity index (χ1) is 10.0. The van der Waals surface area contributed by atoms with E-state index in [1.54, 1.807) is 6.07 Å². The Bertz CT molecular complexity index is 563. The van der Waals surface area contributed by atoms with Gasteiger partial charge in [-0.3, -0.25) is 4.79 Å². The zero-order valence-electron chi connectivity index (χ0n) is 11.6. The van der Waals surface area contributed by atoms with Crippen LogP contribution in [-0.4, -0.2) is 17.0 Å². The number of nitrogens with one attached hydrogen (secondary N) is 1. The maximum atomic E-state index is 13.9. The topological polar surface area (TPSA) is 66.4 Å². The molecular formula is C16H18FNO3. The average Bonchev–Trinajstić information content (AvgIpc) is 2.92. The Kier molecular flexibility index (Phi) is 5.09. The molecule has 2 rings (SSSR count). The van der Waals surface area contributed by atoms with Crippen LogP contribution in [0.25, 0.3) is 6.08 Å². The van der Waals surface area contributed by atoms with E-state index in [9.17, 15) is 14.0 Å². The first-order valence-electron chi connectivity index (χ1n) is 7.05. The molecule has 4 nitrogen and oxygen atoms in total. The van der Waals surface area contributed by atoms with E-state index in [1.165, 1.54) is 18.2 Å². The molecule has 1 fully saturated rings. The second-order valence-electron chi connectivity index (χ2n) is 5.31. The van der Waals surface area contributed by atoms with E-state index in [0.29, 0.717) is 17.9 Å². The third-order valence-corrected chi connectivity index (χ3v) is 3.63. The Hall–Kier alpha value is -2.17. The van der Waals surface area contributed by atoms with Gasteiger partial charge in [0.25, 0.3) is 0 Å². The lowest BCUT2D eigenvalue weighted by Crippen LogP contribution is -2.16. The number of hydrogen-bond donors (Lipinski definition) is 2. The lowest BCUT2D eigenvalue weighted by Gasteiger charge is -2.10. The van der Waals surface area contributed by atoms with Crippen LogP contribution in [0.3, 0.4) is 0 Å². The number of anilines is 1. The zero-order valence-corrected chi connectivity index (χ0v) is 11.6. The minimum Gasteiger partial charge on any atom is -0.478 e. The Labute approximate surface area is 122 Å². The highest BCUT2D eigenvalue weighted by Crippen LogP contribution is 2.28. The van der Waals surface area contributed by atoms with Crippen LogP contribution in [0.2, 0.25) is 0 Å². The Balaban J connectivity index is 1.96. The summed E-state index contributed by atoms with van der Waals surface area (Å²) in [5.74, 6) is -1.42. The molecule has 1 saturated carbocycles. The smallest absolute Gasteiger partial charge is 0.328 e.